The van der Waals surface area contributed by atoms with Crippen LogP contribution in [-0.4, -0.2) is 24.9 Å². The lowest BCUT2D eigenvalue weighted by Crippen LogP contribution is -2.42. The van der Waals surface area contributed by atoms with Gasteiger partial charge in [0.1, 0.15) is 12.2 Å². The van der Waals surface area contributed by atoms with E-state index >= 15 is 0 Å². The van der Waals surface area contributed by atoms with E-state index < -0.39 is 18.4 Å². The van der Waals surface area contributed by atoms with Gasteiger partial charge in [0.2, 0.25) is 0 Å². The van der Waals surface area contributed by atoms with Crippen LogP contribution >= 0.6 is 0 Å². The minimum Gasteiger partial charge on any atom is -0.304 e. The summed E-state index contributed by atoms with van der Waals surface area (Å²) >= 11 is 0. The second kappa shape index (κ2) is 2.38. The van der Waals surface area contributed by atoms with Crippen LogP contribution in [0.2, 0.25) is 0 Å². The van der Waals surface area contributed by atoms with E-state index in [4.69, 9.17) is 0 Å². The molecule has 0 saturated carbocycles. The standard InChI is InChI=1S/C5H7F4N/c6-3-1-2-10-4(3)5(7,8)9/h3-4,10H,1-2H2. The zero-order valence-electron chi connectivity index (χ0n) is 5.08. The summed E-state index contributed by atoms with van der Waals surface area (Å²) in [6.07, 6.45) is -6.24. The van der Waals surface area contributed by atoms with E-state index in [1.54, 1.807) is 0 Å². The number of alkyl halides is 4. The highest BCUT2D eigenvalue weighted by Crippen LogP contribution is 2.28. The number of nitrogens with one attached hydrogen (secondary N) is 1. The number of rotatable bonds is 0. The van der Waals surface area contributed by atoms with Gasteiger partial charge in [0.05, 0.1) is 0 Å². The van der Waals surface area contributed by atoms with Crippen LogP contribution in [0.4, 0.5) is 17.6 Å². The maximum atomic E-state index is 12.3. The minimum absolute atomic E-state index is 0.0375. The zero-order valence-corrected chi connectivity index (χ0v) is 5.08. The fourth-order valence-electron chi connectivity index (χ4n) is 0.992. The molecule has 0 radical (unpaired) electrons. The third kappa shape index (κ3) is 1.39. The van der Waals surface area contributed by atoms with Crippen LogP contribution in [0.3, 0.4) is 0 Å². The van der Waals surface area contributed by atoms with Gasteiger partial charge in [0.25, 0.3) is 0 Å². The quantitative estimate of drug-likeness (QED) is 0.522. The summed E-state index contributed by atoms with van der Waals surface area (Å²) in [5.41, 5.74) is 0. The summed E-state index contributed by atoms with van der Waals surface area (Å²) in [5, 5.41) is 2.05. The maximum Gasteiger partial charge on any atom is 0.406 e. The van der Waals surface area contributed by atoms with Crippen molar-refractivity contribution in [2.24, 2.45) is 0 Å². The molecule has 1 aliphatic rings. The highest BCUT2D eigenvalue weighted by atomic mass is 19.4. The largest absolute Gasteiger partial charge is 0.406 e. The Labute approximate surface area is 55.4 Å². The van der Waals surface area contributed by atoms with E-state index in [0.29, 0.717) is 0 Å². The lowest BCUT2D eigenvalue weighted by Gasteiger charge is -2.16. The van der Waals surface area contributed by atoms with Crippen molar-refractivity contribution in [3.05, 3.63) is 0 Å². The summed E-state index contributed by atoms with van der Waals surface area (Å²) in [5.74, 6) is 0. The molecule has 1 aliphatic heterocycles. The molecule has 0 aliphatic carbocycles. The molecule has 1 fully saturated rings. The molecule has 1 nitrogen and oxygen atoms in total. The van der Waals surface area contributed by atoms with Crippen molar-refractivity contribution in [2.75, 3.05) is 6.54 Å². The molecular weight excluding hydrogens is 150 g/mol. The SMILES string of the molecule is FC1CCNC1C(F)(F)F. The molecule has 0 aromatic rings. The Morgan fingerprint density at radius 3 is 2.10 bits per heavy atom. The minimum atomic E-state index is -4.43. The smallest absolute Gasteiger partial charge is 0.304 e. The molecule has 1 rings (SSSR count). The van der Waals surface area contributed by atoms with Crippen LogP contribution in [0.15, 0.2) is 0 Å². The monoisotopic (exact) mass is 157 g/mol. The van der Waals surface area contributed by atoms with Crippen LogP contribution in [0.1, 0.15) is 6.42 Å². The van der Waals surface area contributed by atoms with Crippen LogP contribution in [0.5, 0.6) is 0 Å². The van der Waals surface area contributed by atoms with Crippen LogP contribution in [0, 0.1) is 0 Å². The Balaban J connectivity index is 2.55. The summed E-state index contributed by atoms with van der Waals surface area (Å²) in [7, 11) is 0. The van der Waals surface area contributed by atoms with Crippen molar-refractivity contribution in [3.8, 4) is 0 Å². The third-order valence-electron chi connectivity index (χ3n) is 1.50. The number of halogens is 4. The average molecular weight is 157 g/mol. The second-order valence-corrected chi connectivity index (χ2v) is 2.28. The van der Waals surface area contributed by atoms with E-state index in [9.17, 15) is 17.6 Å². The van der Waals surface area contributed by atoms with E-state index in [1.165, 1.54) is 0 Å². The molecule has 0 spiro atoms. The average Bonchev–Trinajstić information content (AvgIpc) is 2.11. The molecule has 60 valence electrons. The topological polar surface area (TPSA) is 12.0 Å². The van der Waals surface area contributed by atoms with E-state index in [1.807, 2.05) is 5.32 Å². The lowest BCUT2D eigenvalue weighted by molar-refractivity contribution is -0.162. The molecule has 1 heterocycles. The predicted molar refractivity (Wildman–Crippen MR) is 27.4 cm³/mol. The first kappa shape index (κ1) is 7.78. The van der Waals surface area contributed by atoms with Gasteiger partial charge in [0.15, 0.2) is 0 Å². The summed E-state index contributed by atoms with van der Waals surface area (Å²) in [6, 6.07) is -1.94. The number of hydrogen-bond donors (Lipinski definition) is 1. The van der Waals surface area contributed by atoms with Gasteiger partial charge in [-0.15, -0.1) is 0 Å². The van der Waals surface area contributed by atoms with Crippen molar-refractivity contribution in [3.63, 3.8) is 0 Å². The first-order valence-corrected chi connectivity index (χ1v) is 2.96. The molecule has 2 atom stereocenters. The Hall–Kier alpha value is -0.320. The van der Waals surface area contributed by atoms with Gasteiger partial charge in [0, 0.05) is 0 Å². The van der Waals surface area contributed by atoms with Crippen molar-refractivity contribution in [1.82, 2.24) is 5.32 Å². The van der Waals surface area contributed by atoms with E-state index in [0.717, 1.165) is 0 Å². The summed E-state index contributed by atoms with van der Waals surface area (Å²) in [4.78, 5) is 0. The third-order valence-corrected chi connectivity index (χ3v) is 1.50. The van der Waals surface area contributed by atoms with Gasteiger partial charge in [-0.25, -0.2) is 4.39 Å². The van der Waals surface area contributed by atoms with Gasteiger partial charge in [-0.2, -0.15) is 13.2 Å². The molecule has 2 unspecified atom stereocenters. The molecule has 0 aromatic heterocycles. The molecule has 5 heteroatoms. The lowest BCUT2D eigenvalue weighted by atomic mass is 10.2. The van der Waals surface area contributed by atoms with Crippen LogP contribution < -0.4 is 5.32 Å². The number of hydrogen-bond acceptors (Lipinski definition) is 1. The second-order valence-electron chi connectivity index (χ2n) is 2.28. The van der Waals surface area contributed by atoms with Crippen molar-refractivity contribution in [2.45, 2.75) is 24.8 Å². The van der Waals surface area contributed by atoms with Gasteiger partial charge >= 0.3 is 6.18 Å². The van der Waals surface area contributed by atoms with Crippen LogP contribution in [0.25, 0.3) is 0 Å². The molecule has 0 amide bonds. The molecule has 1 N–H and O–H groups in total. The Morgan fingerprint density at radius 1 is 1.30 bits per heavy atom. The van der Waals surface area contributed by atoms with Gasteiger partial charge < -0.3 is 5.32 Å². The normalized spacial score (nSPS) is 34.8. The highest BCUT2D eigenvalue weighted by Gasteiger charge is 2.47. The Kier molecular flexibility index (Phi) is 1.85. The van der Waals surface area contributed by atoms with E-state index in [2.05, 4.69) is 0 Å². The predicted octanol–water partition coefficient (Wildman–Crippen LogP) is 1.25. The van der Waals surface area contributed by atoms with Gasteiger partial charge in [-0.3, -0.25) is 0 Å². The van der Waals surface area contributed by atoms with Gasteiger partial charge in [-0.1, -0.05) is 0 Å². The van der Waals surface area contributed by atoms with E-state index in [-0.39, 0.29) is 13.0 Å². The van der Waals surface area contributed by atoms with Crippen LogP contribution in [-0.2, 0) is 0 Å². The molecule has 1 saturated heterocycles. The fraction of sp³-hybridized carbons (Fsp3) is 1.00. The Morgan fingerprint density at radius 2 is 1.90 bits per heavy atom. The molecular formula is C5H7F4N. The first-order valence-electron chi connectivity index (χ1n) is 2.96. The molecule has 10 heavy (non-hydrogen) atoms. The summed E-state index contributed by atoms with van der Waals surface area (Å²) in [6.45, 7) is 0.116. The highest BCUT2D eigenvalue weighted by molar-refractivity contribution is 4.88. The maximum absolute atomic E-state index is 12.3. The van der Waals surface area contributed by atoms with Crippen molar-refractivity contribution >= 4 is 0 Å². The first-order chi connectivity index (χ1) is 4.52. The summed E-state index contributed by atoms with van der Waals surface area (Å²) < 4.78 is 47.4. The zero-order chi connectivity index (χ0) is 7.78. The molecule has 0 aromatic carbocycles. The van der Waals surface area contributed by atoms with Crippen molar-refractivity contribution < 1.29 is 17.6 Å². The molecule has 0 bridgehead atoms. The fourth-order valence-corrected chi connectivity index (χ4v) is 0.992. The van der Waals surface area contributed by atoms with Gasteiger partial charge in [-0.05, 0) is 13.0 Å². The van der Waals surface area contributed by atoms with Crippen molar-refractivity contribution in [1.29, 1.82) is 0 Å². The Bertz CT molecular complexity index is 121.